The maximum atomic E-state index is 11.6. The average Bonchev–Trinajstić information content (AvgIpc) is 2.10. The summed E-state index contributed by atoms with van der Waals surface area (Å²) in [5.74, 6) is -0.102. The van der Waals surface area contributed by atoms with Crippen molar-refractivity contribution in [3.8, 4) is 0 Å². The van der Waals surface area contributed by atoms with Gasteiger partial charge in [-0.2, -0.15) is 0 Å². The van der Waals surface area contributed by atoms with Crippen molar-refractivity contribution in [3.63, 3.8) is 0 Å². The van der Waals surface area contributed by atoms with Crippen LogP contribution in [0.25, 0.3) is 0 Å². The predicted octanol–water partition coefficient (Wildman–Crippen LogP) is -0.0939. The van der Waals surface area contributed by atoms with Crippen LogP contribution in [0, 0.1) is 0 Å². The zero-order valence-electron chi connectivity index (χ0n) is 10.6. The lowest BCUT2D eigenvalue weighted by atomic mass is 10.0. The van der Waals surface area contributed by atoms with Gasteiger partial charge in [-0.25, -0.2) is 0 Å². The van der Waals surface area contributed by atoms with Crippen molar-refractivity contribution >= 4 is 5.91 Å². The molecule has 1 saturated heterocycles. The standard InChI is InChI=1S/C11H22N2O3/c1-10(2,8-15-4)13-9(14)5-16-11(3)6-12-7-11/h12H,5-8H2,1-4H3,(H,13,14). The summed E-state index contributed by atoms with van der Waals surface area (Å²) in [7, 11) is 1.62. The van der Waals surface area contributed by atoms with Gasteiger partial charge in [0.05, 0.1) is 17.7 Å². The van der Waals surface area contributed by atoms with E-state index < -0.39 is 0 Å². The first-order valence-corrected chi connectivity index (χ1v) is 5.52. The fourth-order valence-corrected chi connectivity index (χ4v) is 1.63. The summed E-state index contributed by atoms with van der Waals surface area (Å²) in [6.45, 7) is 8.03. The molecule has 0 aromatic carbocycles. The first-order valence-electron chi connectivity index (χ1n) is 5.52. The molecule has 0 aromatic heterocycles. The third kappa shape index (κ3) is 4.08. The molecule has 1 rings (SSSR count). The fraction of sp³-hybridized carbons (Fsp3) is 0.909. The van der Waals surface area contributed by atoms with Gasteiger partial charge in [-0.3, -0.25) is 4.79 Å². The molecule has 1 heterocycles. The summed E-state index contributed by atoms with van der Waals surface area (Å²) in [4.78, 5) is 11.6. The lowest BCUT2D eigenvalue weighted by Crippen LogP contribution is -2.60. The molecule has 0 unspecified atom stereocenters. The Morgan fingerprint density at radius 3 is 2.56 bits per heavy atom. The van der Waals surface area contributed by atoms with Crippen LogP contribution in [0.5, 0.6) is 0 Å². The Morgan fingerprint density at radius 2 is 2.12 bits per heavy atom. The van der Waals surface area contributed by atoms with Gasteiger partial charge in [-0.1, -0.05) is 0 Å². The van der Waals surface area contributed by atoms with E-state index in [1.165, 1.54) is 0 Å². The number of hydrogen-bond donors (Lipinski definition) is 2. The fourth-order valence-electron chi connectivity index (χ4n) is 1.63. The van der Waals surface area contributed by atoms with Gasteiger partial charge in [0.1, 0.15) is 6.61 Å². The molecule has 0 atom stereocenters. The Bertz CT molecular complexity index is 250. The van der Waals surface area contributed by atoms with Crippen molar-refractivity contribution in [1.29, 1.82) is 0 Å². The van der Waals surface area contributed by atoms with Gasteiger partial charge in [-0.05, 0) is 20.8 Å². The van der Waals surface area contributed by atoms with Crippen LogP contribution in [-0.4, -0.2) is 50.5 Å². The Morgan fingerprint density at radius 1 is 1.50 bits per heavy atom. The van der Waals surface area contributed by atoms with E-state index in [9.17, 15) is 4.79 Å². The van der Waals surface area contributed by atoms with Gasteiger partial charge in [0.2, 0.25) is 5.91 Å². The highest BCUT2D eigenvalue weighted by atomic mass is 16.5. The van der Waals surface area contributed by atoms with Gasteiger partial charge < -0.3 is 20.1 Å². The van der Waals surface area contributed by atoms with E-state index in [4.69, 9.17) is 9.47 Å². The molecule has 2 N–H and O–H groups in total. The SMILES string of the molecule is COCC(C)(C)NC(=O)COC1(C)CNC1. The van der Waals surface area contributed by atoms with Gasteiger partial charge in [0.25, 0.3) is 0 Å². The third-order valence-corrected chi connectivity index (χ3v) is 2.53. The molecule has 0 radical (unpaired) electrons. The van der Waals surface area contributed by atoms with Gasteiger partial charge in [-0.15, -0.1) is 0 Å². The molecule has 94 valence electrons. The second kappa shape index (κ2) is 5.12. The molecule has 1 aliphatic rings. The highest BCUT2D eigenvalue weighted by Gasteiger charge is 2.33. The molecule has 1 fully saturated rings. The van der Waals surface area contributed by atoms with Crippen LogP contribution in [0.1, 0.15) is 20.8 Å². The summed E-state index contributed by atoms with van der Waals surface area (Å²) in [5.41, 5.74) is -0.531. The topological polar surface area (TPSA) is 59.6 Å². The minimum atomic E-state index is -0.353. The molecule has 5 nitrogen and oxygen atoms in total. The Hall–Kier alpha value is -0.650. The van der Waals surface area contributed by atoms with Crippen LogP contribution in [0.4, 0.5) is 0 Å². The molecular weight excluding hydrogens is 208 g/mol. The highest BCUT2D eigenvalue weighted by molar-refractivity contribution is 5.78. The minimum Gasteiger partial charge on any atom is -0.382 e. The number of hydrogen-bond acceptors (Lipinski definition) is 4. The molecule has 0 aliphatic carbocycles. The number of amides is 1. The van der Waals surface area contributed by atoms with E-state index in [1.807, 2.05) is 20.8 Å². The monoisotopic (exact) mass is 230 g/mol. The minimum absolute atomic E-state index is 0.102. The summed E-state index contributed by atoms with van der Waals surface area (Å²) in [6, 6.07) is 0. The van der Waals surface area contributed by atoms with Crippen molar-refractivity contribution in [2.75, 3.05) is 33.4 Å². The van der Waals surface area contributed by atoms with E-state index >= 15 is 0 Å². The second-order valence-electron chi connectivity index (χ2n) is 5.21. The van der Waals surface area contributed by atoms with Gasteiger partial charge >= 0.3 is 0 Å². The van der Waals surface area contributed by atoms with Crippen molar-refractivity contribution in [1.82, 2.24) is 10.6 Å². The number of carbonyl (C=O) groups excluding carboxylic acids is 1. The largest absolute Gasteiger partial charge is 0.382 e. The third-order valence-electron chi connectivity index (χ3n) is 2.53. The van der Waals surface area contributed by atoms with Crippen molar-refractivity contribution in [2.45, 2.75) is 31.9 Å². The molecule has 1 amide bonds. The Balaban J connectivity index is 2.25. The van der Waals surface area contributed by atoms with Crippen LogP contribution in [0.2, 0.25) is 0 Å². The smallest absolute Gasteiger partial charge is 0.246 e. The summed E-state index contributed by atoms with van der Waals surface area (Å²) < 4.78 is 10.6. The van der Waals surface area contributed by atoms with Crippen LogP contribution < -0.4 is 10.6 Å². The molecule has 0 spiro atoms. The number of rotatable bonds is 6. The molecule has 0 aromatic rings. The Kier molecular flexibility index (Phi) is 4.29. The van der Waals surface area contributed by atoms with Gasteiger partial charge in [0, 0.05) is 20.2 Å². The number of nitrogens with one attached hydrogen (secondary N) is 2. The van der Waals surface area contributed by atoms with Crippen molar-refractivity contribution in [3.05, 3.63) is 0 Å². The lowest BCUT2D eigenvalue weighted by Gasteiger charge is -2.39. The molecule has 0 bridgehead atoms. The summed E-state index contributed by atoms with van der Waals surface area (Å²) in [6.07, 6.45) is 0. The number of methoxy groups -OCH3 is 1. The summed E-state index contributed by atoms with van der Waals surface area (Å²) in [5, 5.41) is 5.99. The predicted molar refractivity (Wildman–Crippen MR) is 61.3 cm³/mol. The van der Waals surface area contributed by atoms with Gasteiger partial charge in [0.15, 0.2) is 0 Å². The number of carbonyl (C=O) groups is 1. The van der Waals surface area contributed by atoms with E-state index in [2.05, 4.69) is 10.6 Å². The average molecular weight is 230 g/mol. The zero-order chi connectivity index (χ0) is 12.2. The molecule has 1 aliphatic heterocycles. The normalized spacial score (nSPS) is 19.0. The quantitative estimate of drug-likeness (QED) is 0.669. The molecule has 5 heteroatoms. The second-order valence-corrected chi connectivity index (χ2v) is 5.21. The number of ether oxygens (including phenoxy) is 2. The van der Waals surface area contributed by atoms with E-state index in [0.717, 1.165) is 13.1 Å². The Labute approximate surface area is 96.9 Å². The van der Waals surface area contributed by atoms with Crippen molar-refractivity contribution < 1.29 is 14.3 Å². The maximum Gasteiger partial charge on any atom is 0.246 e. The summed E-state index contributed by atoms with van der Waals surface area (Å²) >= 11 is 0. The van der Waals surface area contributed by atoms with Crippen LogP contribution in [0.15, 0.2) is 0 Å². The van der Waals surface area contributed by atoms with Crippen LogP contribution >= 0.6 is 0 Å². The van der Waals surface area contributed by atoms with Crippen LogP contribution in [-0.2, 0) is 14.3 Å². The molecule has 16 heavy (non-hydrogen) atoms. The maximum absolute atomic E-state index is 11.6. The first-order chi connectivity index (χ1) is 7.37. The molecular formula is C11H22N2O3. The van der Waals surface area contributed by atoms with E-state index in [-0.39, 0.29) is 23.7 Å². The van der Waals surface area contributed by atoms with E-state index in [1.54, 1.807) is 7.11 Å². The molecule has 0 saturated carbocycles. The van der Waals surface area contributed by atoms with E-state index in [0.29, 0.717) is 6.61 Å². The van der Waals surface area contributed by atoms with Crippen LogP contribution in [0.3, 0.4) is 0 Å². The first kappa shape index (κ1) is 13.4. The van der Waals surface area contributed by atoms with Crippen molar-refractivity contribution in [2.24, 2.45) is 0 Å². The highest BCUT2D eigenvalue weighted by Crippen LogP contribution is 2.14. The zero-order valence-corrected chi connectivity index (χ0v) is 10.6. The lowest BCUT2D eigenvalue weighted by molar-refractivity contribution is -0.138.